The zero-order valence-corrected chi connectivity index (χ0v) is 12.6. The van der Waals surface area contributed by atoms with Gasteiger partial charge in [0.2, 0.25) is 5.91 Å². The van der Waals surface area contributed by atoms with Crippen LogP contribution in [0.5, 0.6) is 0 Å². The largest absolute Gasteiger partial charge is 0.352 e. The van der Waals surface area contributed by atoms with E-state index in [0.29, 0.717) is 12.3 Å². The Bertz CT molecular complexity index is 652. The minimum absolute atomic E-state index is 0.000710. The van der Waals surface area contributed by atoms with Crippen molar-refractivity contribution in [3.05, 3.63) is 48.0 Å². The first-order valence-electron chi connectivity index (χ1n) is 6.49. The summed E-state index contributed by atoms with van der Waals surface area (Å²) in [6.45, 7) is 8.21. The first-order valence-corrected chi connectivity index (χ1v) is 7.47. The molecule has 0 spiro atoms. The van der Waals surface area contributed by atoms with Crippen LogP contribution >= 0.6 is 11.8 Å². The van der Waals surface area contributed by atoms with Gasteiger partial charge in [-0.05, 0) is 31.0 Å². The van der Waals surface area contributed by atoms with Gasteiger partial charge in [-0.25, -0.2) is 4.98 Å². The number of nitrogens with zero attached hydrogens (tertiary/aromatic N) is 1. The van der Waals surface area contributed by atoms with E-state index in [-0.39, 0.29) is 5.91 Å². The summed E-state index contributed by atoms with van der Waals surface area (Å²) in [5.74, 6) is 0.372. The molecule has 20 heavy (non-hydrogen) atoms. The molecule has 1 aromatic carbocycles. The molecule has 0 fully saturated rings. The fraction of sp³-hybridized carbons (Fsp3) is 0.250. The van der Waals surface area contributed by atoms with Crippen LogP contribution in [0, 0.1) is 13.8 Å². The van der Waals surface area contributed by atoms with E-state index in [2.05, 4.69) is 42.9 Å². The van der Waals surface area contributed by atoms with Crippen LogP contribution in [0.1, 0.15) is 11.1 Å². The summed E-state index contributed by atoms with van der Waals surface area (Å²) in [6, 6.07) is 8.21. The predicted octanol–water partition coefficient (Wildman–Crippen LogP) is 3.25. The molecule has 0 aliphatic carbocycles. The van der Waals surface area contributed by atoms with Crippen LogP contribution in [-0.2, 0) is 4.79 Å². The van der Waals surface area contributed by atoms with E-state index in [1.807, 2.05) is 12.1 Å². The van der Waals surface area contributed by atoms with Crippen molar-refractivity contribution in [1.29, 1.82) is 0 Å². The van der Waals surface area contributed by atoms with Gasteiger partial charge < -0.3 is 5.32 Å². The SMILES string of the molecule is C=CCNC(=O)CSc1cc(C)c2cccc(C)c2n1. The average Bonchev–Trinajstić information content (AvgIpc) is 2.44. The van der Waals surface area contributed by atoms with Gasteiger partial charge in [0.1, 0.15) is 0 Å². The number of benzene rings is 1. The van der Waals surface area contributed by atoms with E-state index < -0.39 is 0 Å². The molecule has 0 aliphatic rings. The first kappa shape index (κ1) is 14.6. The summed E-state index contributed by atoms with van der Waals surface area (Å²) in [7, 11) is 0. The molecular formula is C16H18N2OS. The minimum atomic E-state index is -0.000710. The number of pyridine rings is 1. The number of carbonyl (C=O) groups is 1. The topological polar surface area (TPSA) is 42.0 Å². The van der Waals surface area contributed by atoms with Crippen molar-refractivity contribution in [3.63, 3.8) is 0 Å². The molecule has 104 valence electrons. The van der Waals surface area contributed by atoms with Crippen molar-refractivity contribution in [2.75, 3.05) is 12.3 Å². The van der Waals surface area contributed by atoms with E-state index in [9.17, 15) is 4.79 Å². The summed E-state index contributed by atoms with van der Waals surface area (Å²) in [6.07, 6.45) is 1.67. The van der Waals surface area contributed by atoms with Crippen molar-refractivity contribution < 1.29 is 4.79 Å². The van der Waals surface area contributed by atoms with Gasteiger partial charge in [0, 0.05) is 11.9 Å². The summed E-state index contributed by atoms with van der Waals surface area (Å²) < 4.78 is 0. The smallest absolute Gasteiger partial charge is 0.230 e. The maximum Gasteiger partial charge on any atom is 0.230 e. The van der Waals surface area contributed by atoms with Gasteiger partial charge in [-0.1, -0.05) is 36.0 Å². The molecule has 0 unspecified atom stereocenters. The molecule has 0 bridgehead atoms. The number of thioether (sulfide) groups is 1. The lowest BCUT2D eigenvalue weighted by molar-refractivity contribution is -0.118. The predicted molar refractivity (Wildman–Crippen MR) is 85.1 cm³/mol. The summed E-state index contributed by atoms with van der Waals surface area (Å²) in [5, 5.41) is 4.82. The second kappa shape index (κ2) is 6.57. The third-order valence-electron chi connectivity index (χ3n) is 3.02. The Labute approximate surface area is 123 Å². The van der Waals surface area contributed by atoms with Crippen LogP contribution in [0.4, 0.5) is 0 Å². The van der Waals surface area contributed by atoms with E-state index in [1.54, 1.807) is 6.08 Å². The highest BCUT2D eigenvalue weighted by Gasteiger charge is 2.07. The van der Waals surface area contributed by atoms with Crippen molar-refractivity contribution >= 4 is 28.6 Å². The highest BCUT2D eigenvalue weighted by atomic mass is 32.2. The van der Waals surface area contributed by atoms with Gasteiger partial charge in [-0.2, -0.15) is 0 Å². The molecule has 4 heteroatoms. The molecule has 0 aliphatic heterocycles. The molecule has 2 rings (SSSR count). The number of nitrogens with one attached hydrogen (secondary N) is 1. The second-order valence-corrected chi connectivity index (χ2v) is 5.63. The van der Waals surface area contributed by atoms with Crippen molar-refractivity contribution in [2.24, 2.45) is 0 Å². The first-order chi connectivity index (χ1) is 9.61. The van der Waals surface area contributed by atoms with Crippen LogP contribution in [0.2, 0.25) is 0 Å². The summed E-state index contributed by atoms with van der Waals surface area (Å²) in [5.41, 5.74) is 3.36. The van der Waals surface area contributed by atoms with E-state index in [1.165, 1.54) is 22.7 Å². The minimum Gasteiger partial charge on any atom is -0.352 e. The maximum atomic E-state index is 11.6. The Morgan fingerprint density at radius 2 is 2.20 bits per heavy atom. The molecule has 3 nitrogen and oxygen atoms in total. The molecule has 0 saturated carbocycles. The average molecular weight is 286 g/mol. The lowest BCUT2D eigenvalue weighted by Gasteiger charge is -2.08. The molecule has 0 saturated heterocycles. The molecule has 2 aromatic rings. The number of hydrogen-bond donors (Lipinski definition) is 1. The quantitative estimate of drug-likeness (QED) is 0.677. The number of rotatable bonds is 5. The van der Waals surface area contributed by atoms with Gasteiger partial charge in [0.05, 0.1) is 16.3 Å². The van der Waals surface area contributed by atoms with Crippen LogP contribution < -0.4 is 5.32 Å². The summed E-state index contributed by atoms with van der Waals surface area (Å²) >= 11 is 1.46. The number of hydrogen-bond acceptors (Lipinski definition) is 3. The number of carbonyl (C=O) groups excluding carboxylic acids is 1. The van der Waals surface area contributed by atoms with Crippen LogP contribution in [0.15, 0.2) is 41.9 Å². The standard InChI is InChI=1S/C16H18N2OS/c1-4-8-17-14(19)10-20-15-9-12(3)13-7-5-6-11(2)16(13)18-15/h4-7,9H,1,8,10H2,2-3H3,(H,17,19). The third-order valence-corrected chi connectivity index (χ3v) is 3.93. The van der Waals surface area contributed by atoms with Crippen molar-refractivity contribution in [2.45, 2.75) is 18.9 Å². The number of para-hydroxylation sites is 1. The van der Waals surface area contributed by atoms with Gasteiger partial charge >= 0.3 is 0 Å². The molecular weight excluding hydrogens is 268 g/mol. The number of aryl methyl sites for hydroxylation is 2. The molecule has 0 radical (unpaired) electrons. The van der Waals surface area contributed by atoms with E-state index >= 15 is 0 Å². The molecule has 1 heterocycles. The molecule has 0 atom stereocenters. The lowest BCUT2D eigenvalue weighted by atomic mass is 10.1. The van der Waals surface area contributed by atoms with Crippen LogP contribution in [0.3, 0.4) is 0 Å². The fourth-order valence-corrected chi connectivity index (χ4v) is 2.78. The molecule has 1 amide bonds. The zero-order chi connectivity index (χ0) is 14.5. The highest BCUT2D eigenvalue weighted by Crippen LogP contribution is 2.25. The zero-order valence-electron chi connectivity index (χ0n) is 11.8. The number of amides is 1. The van der Waals surface area contributed by atoms with Gasteiger partial charge in [-0.3, -0.25) is 4.79 Å². The number of fused-ring (bicyclic) bond motifs is 1. The van der Waals surface area contributed by atoms with Gasteiger partial charge in [0.15, 0.2) is 0 Å². The van der Waals surface area contributed by atoms with Gasteiger partial charge in [-0.15, -0.1) is 6.58 Å². The maximum absolute atomic E-state index is 11.6. The van der Waals surface area contributed by atoms with E-state index in [0.717, 1.165) is 16.1 Å². The summed E-state index contributed by atoms with van der Waals surface area (Å²) in [4.78, 5) is 16.2. The number of aromatic nitrogens is 1. The Kier molecular flexibility index (Phi) is 4.79. The van der Waals surface area contributed by atoms with Crippen molar-refractivity contribution in [3.8, 4) is 0 Å². The monoisotopic (exact) mass is 286 g/mol. The Balaban J connectivity index is 2.17. The second-order valence-electron chi connectivity index (χ2n) is 4.63. The highest BCUT2D eigenvalue weighted by molar-refractivity contribution is 7.99. The van der Waals surface area contributed by atoms with Crippen LogP contribution in [0.25, 0.3) is 10.9 Å². The molecule has 1 aromatic heterocycles. The Morgan fingerprint density at radius 1 is 1.40 bits per heavy atom. The Morgan fingerprint density at radius 3 is 2.95 bits per heavy atom. The normalized spacial score (nSPS) is 10.5. The van der Waals surface area contributed by atoms with Crippen LogP contribution in [-0.4, -0.2) is 23.2 Å². The molecule has 1 N–H and O–H groups in total. The van der Waals surface area contributed by atoms with E-state index in [4.69, 9.17) is 0 Å². The Hall–Kier alpha value is -1.81. The lowest BCUT2D eigenvalue weighted by Crippen LogP contribution is -2.24. The fourth-order valence-electron chi connectivity index (χ4n) is 1.98. The van der Waals surface area contributed by atoms with Crippen molar-refractivity contribution in [1.82, 2.24) is 10.3 Å². The third kappa shape index (κ3) is 3.39. The van der Waals surface area contributed by atoms with Gasteiger partial charge in [0.25, 0.3) is 0 Å².